The van der Waals surface area contributed by atoms with E-state index in [4.69, 9.17) is 9.47 Å². The summed E-state index contributed by atoms with van der Waals surface area (Å²) in [7, 11) is 6.15. The number of carbonyl (C=O) groups is 3. The van der Waals surface area contributed by atoms with Gasteiger partial charge in [0.05, 0.1) is 31.6 Å². The van der Waals surface area contributed by atoms with Crippen molar-refractivity contribution in [2.24, 2.45) is 13.0 Å². The van der Waals surface area contributed by atoms with E-state index in [1.807, 2.05) is 0 Å². The minimum Gasteiger partial charge on any atom is -0.494 e. The zero-order valence-electron chi connectivity index (χ0n) is 26.4. The highest BCUT2D eigenvalue weighted by Gasteiger charge is 2.30. The Kier molecular flexibility index (Phi) is 10.2. The second-order valence-electron chi connectivity index (χ2n) is 10.8. The molecule has 1 aromatic carbocycles. The van der Waals surface area contributed by atoms with E-state index in [1.165, 1.54) is 49.2 Å². The summed E-state index contributed by atoms with van der Waals surface area (Å²) < 4.78 is 12.4. The summed E-state index contributed by atoms with van der Waals surface area (Å²) in [5.74, 6) is -0.573. The number of anilines is 3. The topological polar surface area (TPSA) is 183 Å². The van der Waals surface area contributed by atoms with E-state index in [0.29, 0.717) is 33.8 Å². The van der Waals surface area contributed by atoms with Gasteiger partial charge in [-0.3, -0.25) is 19.2 Å². The number of rotatable bonds is 13. The van der Waals surface area contributed by atoms with Crippen molar-refractivity contribution in [1.29, 1.82) is 0 Å². The standard InChI is InChI=1S/C32H35N9O6/c1-33-30(43)26-24(15-25(38-39-26)37-29(42)19-10-11-19)36-23-9-5-8-22(27(23)47-4)21-16-34-28(35-17-21)32(45)41(13-14-46-3)18-20-7-6-12-40(2)31(20)44/h5-9,12,15-17,19H,10-11,13-14,18H2,1-4H3,(H,33,43)(H2,36,37,38,42). The van der Waals surface area contributed by atoms with Crippen LogP contribution in [0.3, 0.4) is 0 Å². The molecular formula is C32H35N9O6. The molecule has 0 atom stereocenters. The van der Waals surface area contributed by atoms with Crippen molar-refractivity contribution < 1.29 is 23.9 Å². The van der Waals surface area contributed by atoms with Crippen LogP contribution < -0.4 is 26.2 Å². The Labute approximate surface area is 270 Å². The number of hydrogen-bond donors (Lipinski definition) is 3. The minimum atomic E-state index is -0.476. The van der Waals surface area contributed by atoms with Gasteiger partial charge < -0.3 is 34.9 Å². The van der Waals surface area contributed by atoms with Crippen molar-refractivity contribution in [3.05, 3.63) is 82.4 Å². The Morgan fingerprint density at radius 3 is 2.49 bits per heavy atom. The molecule has 3 N–H and O–H groups in total. The summed E-state index contributed by atoms with van der Waals surface area (Å²) in [6, 6.07) is 10.3. The molecule has 3 heterocycles. The van der Waals surface area contributed by atoms with Gasteiger partial charge in [-0.05, 0) is 25.0 Å². The van der Waals surface area contributed by atoms with E-state index in [0.717, 1.165) is 12.8 Å². The van der Waals surface area contributed by atoms with Crippen LogP contribution in [-0.4, -0.2) is 81.8 Å². The van der Waals surface area contributed by atoms with Gasteiger partial charge in [0.2, 0.25) is 11.7 Å². The molecule has 3 aromatic heterocycles. The number of nitrogens with zero attached hydrogens (tertiary/aromatic N) is 6. The largest absolute Gasteiger partial charge is 0.494 e. The quantitative estimate of drug-likeness (QED) is 0.195. The minimum absolute atomic E-state index is 0.0157. The van der Waals surface area contributed by atoms with Crippen LogP contribution in [0.25, 0.3) is 11.1 Å². The summed E-state index contributed by atoms with van der Waals surface area (Å²) in [5.41, 5.74) is 2.20. The van der Waals surface area contributed by atoms with Gasteiger partial charge >= 0.3 is 0 Å². The number of pyridine rings is 1. The van der Waals surface area contributed by atoms with Crippen molar-refractivity contribution in [3.63, 3.8) is 0 Å². The molecule has 1 fully saturated rings. The average Bonchev–Trinajstić information content (AvgIpc) is 3.94. The van der Waals surface area contributed by atoms with E-state index in [9.17, 15) is 19.2 Å². The number of para-hydroxylation sites is 1. The van der Waals surface area contributed by atoms with Crippen molar-refractivity contribution in [2.45, 2.75) is 19.4 Å². The Morgan fingerprint density at radius 2 is 1.81 bits per heavy atom. The molecule has 3 amide bonds. The second-order valence-corrected chi connectivity index (χ2v) is 10.8. The van der Waals surface area contributed by atoms with Crippen LogP contribution >= 0.6 is 0 Å². The highest BCUT2D eigenvalue weighted by Crippen LogP contribution is 2.38. The number of carbonyl (C=O) groups excluding carboxylic acids is 3. The number of aromatic nitrogens is 5. The maximum Gasteiger partial charge on any atom is 0.292 e. The molecule has 15 heteroatoms. The lowest BCUT2D eigenvalue weighted by Gasteiger charge is -2.21. The molecule has 15 nitrogen and oxygen atoms in total. The maximum atomic E-state index is 13.5. The Bertz CT molecular complexity index is 1840. The van der Waals surface area contributed by atoms with E-state index in [1.54, 1.807) is 43.6 Å². The zero-order valence-corrected chi connectivity index (χ0v) is 26.4. The predicted octanol–water partition coefficient (Wildman–Crippen LogP) is 2.38. The number of methoxy groups -OCH3 is 2. The van der Waals surface area contributed by atoms with E-state index in [-0.39, 0.29) is 54.4 Å². The van der Waals surface area contributed by atoms with Gasteiger partial charge in [0.25, 0.3) is 17.4 Å². The summed E-state index contributed by atoms with van der Waals surface area (Å²) in [4.78, 5) is 61.1. The van der Waals surface area contributed by atoms with Crippen molar-refractivity contribution in [2.75, 3.05) is 45.1 Å². The fraction of sp³-hybridized carbons (Fsp3) is 0.312. The average molecular weight is 642 g/mol. The fourth-order valence-electron chi connectivity index (χ4n) is 4.79. The van der Waals surface area contributed by atoms with E-state index >= 15 is 0 Å². The van der Waals surface area contributed by atoms with Gasteiger partial charge in [-0.1, -0.05) is 18.2 Å². The smallest absolute Gasteiger partial charge is 0.292 e. The molecule has 0 bridgehead atoms. The Morgan fingerprint density at radius 1 is 1.04 bits per heavy atom. The number of aryl methyl sites for hydroxylation is 1. The molecule has 0 spiro atoms. The number of ether oxygens (including phenoxy) is 2. The van der Waals surface area contributed by atoms with Gasteiger partial charge in [0.15, 0.2) is 11.5 Å². The van der Waals surface area contributed by atoms with Crippen molar-refractivity contribution >= 4 is 34.9 Å². The molecule has 244 valence electrons. The molecule has 47 heavy (non-hydrogen) atoms. The third-order valence-corrected chi connectivity index (χ3v) is 7.49. The number of benzene rings is 1. The maximum absolute atomic E-state index is 13.5. The van der Waals surface area contributed by atoms with Crippen LogP contribution in [0.15, 0.2) is 59.8 Å². The molecule has 0 unspecified atom stereocenters. The molecule has 1 saturated carbocycles. The molecular weight excluding hydrogens is 606 g/mol. The first-order valence-corrected chi connectivity index (χ1v) is 14.8. The van der Waals surface area contributed by atoms with E-state index in [2.05, 4.69) is 36.1 Å². The molecule has 0 aliphatic heterocycles. The van der Waals surface area contributed by atoms with Crippen LogP contribution in [0.2, 0.25) is 0 Å². The van der Waals surface area contributed by atoms with Gasteiger partial charge in [-0.2, -0.15) is 0 Å². The van der Waals surface area contributed by atoms with Gasteiger partial charge in [-0.25, -0.2) is 9.97 Å². The van der Waals surface area contributed by atoms with Gasteiger partial charge in [0.1, 0.15) is 5.75 Å². The number of nitrogens with one attached hydrogen (secondary N) is 3. The number of amides is 3. The zero-order chi connectivity index (χ0) is 33.5. The van der Waals surface area contributed by atoms with Crippen LogP contribution in [0.4, 0.5) is 17.2 Å². The van der Waals surface area contributed by atoms with Crippen LogP contribution in [0, 0.1) is 5.92 Å². The predicted molar refractivity (Wildman–Crippen MR) is 172 cm³/mol. The van der Waals surface area contributed by atoms with Crippen LogP contribution in [-0.2, 0) is 23.1 Å². The second kappa shape index (κ2) is 14.6. The molecule has 1 aliphatic carbocycles. The molecule has 1 aliphatic rings. The molecule has 4 aromatic rings. The fourth-order valence-corrected chi connectivity index (χ4v) is 4.79. The Hall–Kier alpha value is -5.70. The number of hydrogen-bond acceptors (Lipinski definition) is 11. The van der Waals surface area contributed by atoms with Crippen LogP contribution in [0.1, 0.15) is 39.5 Å². The third-order valence-electron chi connectivity index (χ3n) is 7.49. The summed E-state index contributed by atoms with van der Waals surface area (Å²) in [6.45, 7) is 0.557. The lowest BCUT2D eigenvalue weighted by molar-refractivity contribution is -0.117. The SMILES string of the molecule is CNC(=O)c1nnc(NC(=O)C2CC2)cc1Nc1cccc(-c2cnc(C(=O)N(CCOC)Cc3cccn(C)c3=O)nc2)c1OC. The first kappa shape index (κ1) is 32.7. The molecule has 0 saturated heterocycles. The summed E-state index contributed by atoms with van der Waals surface area (Å²) in [6.07, 6.45) is 6.31. The van der Waals surface area contributed by atoms with Gasteiger partial charge in [-0.15, -0.1) is 10.2 Å². The Balaban J connectivity index is 1.41. The van der Waals surface area contributed by atoms with Crippen LogP contribution in [0.5, 0.6) is 5.75 Å². The van der Waals surface area contributed by atoms with Gasteiger partial charge in [0, 0.05) is 75.0 Å². The highest BCUT2D eigenvalue weighted by molar-refractivity contribution is 6.00. The van der Waals surface area contributed by atoms with Crippen molar-refractivity contribution in [1.82, 2.24) is 34.9 Å². The lowest BCUT2D eigenvalue weighted by Crippen LogP contribution is -2.37. The summed E-state index contributed by atoms with van der Waals surface area (Å²) in [5, 5.41) is 16.5. The van der Waals surface area contributed by atoms with Crippen molar-refractivity contribution in [3.8, 4) is 16.9 Å². The highest BCUT2D eigenvalue weighted by atomic mass is 16.5. The summed E-state index contributed by atoms with van der Waals surface area (Å²) >= 11 is 0. The van der Waals surface area contributed by atoms with E-state index < -0.39 is 11.8 Å². The third kappa shape index (κ3) is 7.58. The molecule has 5 rings (SSSR count). The first-order valence-electron chi connectivity index (χ1n) is 14.8. The monoisotopic (exact) mass is 641 g/mol. The lowest BCUT2D eigenvalue weighted by atomic mass is 10.1. The molecule has 0 radical (unpaired) electrons. The first-order chi connectivity index (χ1) is 22.7. The normalized spacial score (nSPS) is 12.3.